The maximum atomic E-state index is 15.2. The fourth-order valence-corrected chi connectivity index (χ4v) is 9.50. The summed E-state index contributed by atoms with van der Waals surface area (Å²) in [5.41, 5.74) is 0.242. The fourth-order valence-electron chi connectivity index (χ4n) is 8.22. The lowest BCUT2D eigenvalue weighted by molar-refractivity contribution is -0.136. The van der Waals surface area contributed by atoms with Gasteiger partial charge < -0.3 is 19.3 Å². The molecule has 1 unspecified atom stereocenters. The SMILES string of the molecule is COc1cc(N2CCN(c3ccc(-n4cnc5ccc(Oc6c(F)ccc(NS(=O)(=O)N7CC[C@@H](F)C7)c6C#N)cc5c4=O)cn3)CC2)cc2c1C(=O)N(C1CCC(=O)NC1=O)C2=O. The van der Waals surface area contributed by atoms with Gasteiger partial charge in [0.15, 0.2) is 11.6 Å². The van der Waals surface area contributed by atoms with Crippen molar-refractivity contribution in [2.75, 3.05) is 60.9 Å². The molecule has 0 radical (unpaired) electrons. The molecule has 6 heterocycles. The third kappa shape index (κ3) is 7.47. The molecule has 328 valence electrons. The molecule has 3 saturated heterocycles. The first-order chi connectivity index (χ1) is 30.7. The molecule has 3 aromatic carbocycles. The van der Waals surface area contributed by atoms with E-state index in [1.165, 1.54) is 42.4 Å². The van der Waals surface area contributed by atoms with E-state index in [-0.39, 0.29) is 66.1 Å². The van der Waals surface area contributed by atoms with Crippen LogP contribution in [0.15, 0.2) is 71.9 Å². The fraction of sp³-hybridized carbons (Fsp3) is 0.286. The van der Waals surface area contributed by atoms with Crippen LogP contribution in [0.5, 0.6) is 17.2 Å². The van der Waals surface area contributed by atoms with Gasteiger partial charge in [-0.15, -0.1) is 0 Å². The smallest absolute Gasteiger partial charge is 0.301 e. The number of nitriles is 1. The number of nitrogens with zero attached hydrogens (tertiary/aromatic N) is 8. The maximum absolute atomic E-state index is 15.2. The van der Waals surface area contributed by atoms with E-state index in [0.717, 1.165) is 21.3 Å². The van der Waals surface area contributed by atoms with E-state index in [1.54, 1.807) is 30.3 Å². The van der Waals surface area contributed by atoms with E-state index in [4.69, 9.17) is 9.47 Å². The lowest BCUT2D eigenvalue weighted by atomic mass is 10.0. The highest BCUT2D eigenvalue weighted by Crippen LogP contribution is 2.38. The number of carbonyl (C=O) groups is 4. The van der Waals surface area contributed by atoms with Gasteiger partial charge in [0.2, 0.25) is 11.8 Å². The summed E-state index contributed by atoms with van der Waals surface area (Å²) in [5.74, 6) is -3.26. The van der Waals surface area contributed by atoms with Crippen LogP contribution in [0.25, 0.3) is 16.6 Å². The first kappa shape index (κ1) is 41.8. The normalized spacial score (nSPS) is 19.2. The summed E-state index contributed by atoms with van der Waals surface area (Å²) < 4.78 is 70.4. The summed E-state index contributed by atoms with van der Waals surface area (Å²) in [6.45, 7) is 1.62. The number of benzene rings is 3. The van der Waals surface area contributed by atoms with E-state index in [0.29, 0.717) is 48.9 Å². The first-order valence-corrected chi connectivity index (χ1v) is 21.4. The molecule has 19 nitrogen and oxygen atoms in total. The second kappa shape index (κ2) is 16.3. The number of ether oxygens (including phenoxy) is 2. The number of hydrogen-bond donors (Lipinski definition) is 2. The molecule has 0 saturated carbocycles. The Labute approximate surface area is 362 Å². The van der Waals surface area contributed by atoms with Crippen LogP contribution in [-0.2, 0) is 19.8 Å². The van der Waals surface area contributed by atoms with Crippen molar-refractivity contribution in [1.82, 2.24) is 29.1 Å². The number of amides is 4. The van der Waals surface area contributed by atoms with Crippen LogP contribution in [0.3, 0.4) is 0 Å². The van der Waals surface area contributed by atoms with Gasteiger partial charge in [-0.25, -0.2) is 18.7 Å². The van der Waals surface area contributed by atoms with Gasteiger partial charge in [-0.2, -0.15) is 18.0 Å². The van der Waals surface area contributed by atoms with Crippen molar-refractivity contribution in [3.05, 3.63) is 100.0 Å². The Balaban J connectivity index is 0.892. The maximum Gasteiger partial charge on any atom is 0.301 e. The topological polar surface area (TPSA) is 229 Å². The van der Waals surface area contributed by atoms with Crippen molar-refractivity contribution in [3.8, 4) is 29.0 Å². The molecular formula is C42H36F2N10O9S. The van der Waals surface area contributed by atoms with Crippen molar-refractivity contribution < 1.29 is 45.9 Å². The molecule has 0 aliphatic carbocycles. The largest absolute Gasteiger partial charge is 0.496 e. The predicted molar refractivity (Wildman–Crippen MR) is 224 cm³/mol. The second-order valence-electron chi connectivity index (χ2n) is 15.3. The van der Waals surface area contributed by atoms with E-state index in [1.807, 2.05) is 9.80 Å². The third-order valence-corrected chi connectivity index (χ3v) is 13.0. The molecule has 2 N–H and O–H groups in total. The number of anilines is 3. The highest BCUT2D eigenvalue weighted by Gasteiger charge is 2.46. The monoisotopic (exact) mass is 894 g/mol. The number of alkyl halides is 1. The Morgan fingerprint density at radius 3 is 2.38 bits per heavy atom. The van der Waals surface area contributed by atoms with Crippen LogP contribution >= 0.6 is 0 Å². The van der Waals surface area contributed by atoms with Crippen molar-refractivity contribution in [2.45, 2.75) is 31.5 Å². The van der Waals surface area contributed by atoms with Crippen molar-refractivity contribution in [3.63, 3.8) is 0 Å². The van der Waals surface area contributed by atoms with Crippen molar-refractivity contribution in [1.29, 1.82) is 5.26 Å². The Morgan fingerprint density at radius 1 is 0.906 bits per heavy atom. The van der Waals surface area contributed by atoms with Gasteiger partial charge in [-0.1, -0.05) is 0 Å². The lowest BCUT2D eigenvalue weighted by Gasteiger charge is -2.37. The van der Waals surface area contributed by atoms with Gasteiger partial charge in [0.25, 0.3) is 17.4 Å². The Kier molecular flexibility index (Phi) is 10.7. The number of carbonyl (C=O) groups excluding carboxylic acids is 4. The Hall–Kier alpha value is -7.51. The molecule has 2 atom stereocenters. The highest BCUT2D eigenvalue weighted by atomic mass is 32.2. The number of fused-ring (bicyclic) bond motifs is 2. The molecule has 4 aliphatic heterocycles. The van der Waals surface area contributed by atoms with Crippen molar-refractivity contribution in [2.24, 2.45) is 0 Å². The van der Waals surface area contributed by atoms with E-state index in [9.17, 15) is 42.0 Å². The summed E-state index contributed by atoms with van der Waals surface area (Å²) >= 11 is 0. The molecule has 64 heavy (non-hydrogen) atoms. The minimum absolute atomic E-state index is 0.00217. The van der Waals surface area contributed by atoms with E-state index in [2.05, 4.69) is 20.0 Å². The van der Waals surface area contributed by atoms with Gasteiger partial charge in [0, 0.05) is 57.4 Å². The zero-order valence-corrected chi connectivity index (χ0v) is 34.6. The zero-order valence-electron chi connectivity index (χ0n) is 33.8. The number of halogens is 2. The predicted octanol–water partition coefficient (Wildman–Crippen LogP) is 3.02. The molecule has 0 spiro atoms. The number of nitrogens with one attached hydrogen (secondary N) is 2. The summed E-state index contributed by atoms with van der Waals surface area (Å²) in [6.07, 6.45) is 1.57. The van der Waals surface area contributed by atoms with Gasteiger partial charge in [0.05, 0.1) is 46.7 Å². The van der Waals surface area contributed by atoms with Crippen molar-refractivity contribution >= 4 is 61.9 Å². The molecular weight excluding hydrogens is 859 g/mol. The van der Waals surface area contributed by atoms with Crippen LogP contribution < -0.4 is 34.9 Å². The van der Waals surface area contributed by atoms with Gasteiger partial charge in [0.1, 0.15) is 47.5 Å². The Morgan fingerprint density at radius 2 is 1.69 bits per heavy atom. The summed E-state index contributed by atoms with van der Waals surface area (Å²) in [4.78, 5) is 79.1. The minimum atomic E-state index is -4.27. The van der Waals surface area contributed by atoms with Crippen LogP contribution in [-0.4, -0.2) is 114 Å². The van der Waals surface area contributed by atoms with Crippen LogP contribution in [0.4, 0.5) is 26.0 Å². The van der Waals surface area contributed by atoms with Gasteiger partial charge >= 0.3 is 10.2 Å². The van der Waals surface area contributed by atoms with Gasteiger partial charge in [-0.3, -0.25) is 43.5 Å². The molecule has 3 fully saturated rings. The minimum Gasteiger partial charge on any atom is -0.496 e. The Bertz CT molecular complexity index is 3010. The zero-order chi connectivity index (χ0) is 45.0. The first-order valence-electron chi connectivity index (χ1n) is 20.0. The number of piperidine rings is 1. The van der Waals surface area contributed by atoms with Crippen LogP contribution in [0.2, 0.25) is 0 Å². The number of aromatic nitrogens is 3. The van der Waals surface area contributed by atoms with E-state index >= 15 is 4.39 Å². The second-order valence-corrected chi connectivity index (χ2v) is 17.0. The molecule has 9 rings (SSSR count). The molecule has 0 bridgehead atoms. The van der Waals surface area contributed by atoms with Crippen LogP contribution in [0.1, 0.15) is 45.5 Å². The number of methoxy groups -OCH3 is 1. The third-order valence-electron chi connectivity index (χ3n) is 11.5. The molecule has 22 heteroatoms. The number of imide groups is 2. The van der Waals surface area contributed by atoms with E-state index < -0.39 is 68.7 Å². The summed E-state index contributed by atoms with van der Waals surface area (Å²) in [7, 11) is -2.88. The van der Waals surface area contributed by atoms with Crippen LogP contribution in [0, 0.1) is 17.1 Å². The molecule has 4 amide bonds. The quantitative estimate of drug-likeness (QED) is 0.192. The standard InChI is InChI=1S/C42H36F2N10O9S/c1-62-34-17-25(16-28-37(34)42(59)54(41(28)58)33-7-9-36(55)48-39(33)56)50-12-14-51(15-13-50)35-8-2-24(20-46-35)53-22-47-31-5-3-26(18-27(31)40(53)57)63-38-29(19-45)32(6-4-30(38)44)49-64(60,61)52-11-10-23(43)21-52/h2-6,8,16-18,20,22-23,33,49H,7,9-15,21H2,1H3,(H,48,55,56)/t23-,33?/m1/s1. The lowest BCUT2D eigenvalue weighted by Crippen LogP contribution is -2.54. The van der Waals surface area contributed by atoms with Gasteiger partial charge in [-0.05, 0) is 61.4 Å². The number of piperazine rings is 1. The highest BCUT2D eigenvalue weighted by molar-refractivity contribution is 7.90. The summed E-state index contributed by atoms with van der Waals surface area (Å²) in [6, 6.07) is 13.6. The average Bonchev–Trinajstić information content (AvgIpc) is 3.85. The molecule has 2 aromatic heterocycles. The number of rotatable bonds is 10. The molecule has 5 aromatic rings. The number of hydrogen-bond acceptors (Lipinski definition) is 14. The molecule has 4 aliphatic rings. The number of pyridine rings is 1. The average molecular weight is 895 g/mol. The summed E-state index contributed by atoms with van der Waals surface area (Å²) in [5, 5.41) is 12.2.